The number of nitrogens with one attached hydrogen (secondary N) is 1. The molecular formula is C12H13ClFNO4S. The van der Waals surface area contributed by atoms with Crippen molar-refractivity contribution in [2.75, 3.05) is 0 Å². The summed E-state index contributed by atoms with van der Waals surface area (Å²) < 4.78 is 40.1. The molecule has 0 saturated heterocycles. The molecule has 0 bridgehead atoms. The van der Waals surface area contributed by atoms with E-state index in [0.29, 0.717) is 12.8 Å². The van der Waals surface area contributed by atoms with Crippen molar-refractivity contribution < 1.29 is 22.7 Å². The molecule has 1 atom stereocenters. The van der Waals surface area contributed by atoms with Crippen LogP contribution in [-0.4, -0.2) is 25.0 Å². The Labute approximate surface area is 120 Å². The summed E-state index contributed by atoms with van der Waals surface area (Å²) >= 11 is 5.56. The normalized spacial score (nSPS) is 18.6. The maximum absolute atomic E-state index is 13.7. The molecule has 1 aliphatic rings. The lowest BCUT2D eigenvalue weighted by Crippen LogP contribution is -2.53. The van der Waals surface area contributed by atoms with Crippen LogP contribution in [0, 0.1) is 11.7 Å². The van der Waals surface area contributed by atoms with E-state index in [4.69, 9.17) is 11.6 Å². The molecule has 1 fully saturated rings. The predicted molar refractivity (Wildman–Crippen MR) is 70.5 cm³/mol. The zero-order valence-corrected chi connectivity index (χ0v) is 12.1. The number of hydrogen-bond donors (Lipinski definition) is 2. The van der Waals surface area contributed by atoms with Crippen molar-refractivity contribution in [2.45, 2.75) is 30.2 Å². The van der Waals surface area contributed by atoms with Gasteiger partial charge in [0, 0.05) is 5.02 Å². The SMILES string of the molecule is CC(NS(=O)(=O)c1ccc(Cl)cc1F)(C(=O)O)C1CC1. The maximum atomic E-state index is 13.7. The highest BCUT2D eigenvalue weighted by Crippen LogP contribution is 2.40. The Morgan fingerprint density at radius 3 is 2.55 bits per heavy atom. The minimum absolute atomic E-state index is 0.0599. The van der Waals surface area contributed by atoms with Crippen LogP contribution in [0.15, 0.2) is 23.1 Å². The molecule has 8 heteroatoms. The largest absolute Gasteiger partial charge is 0.480 e. The molecule has 0 heterocycles. The van der Waals surface area contributed by atoms with Crippen molar-refractivity contribution >= 4 is 27.6 Å². The lowest BCUT2D eigenvalue weighted by molar-refractivity contribution is -0.144. The first-order valence-corrected chi connectivity index (χ1v) is 7.75. The van der Waals surface area contributed by atoms with Crippen LogP contribution in [0.1, 0.15) is 19.8 Å². The van der Waals surface area contributed by atoms with Crippen LogP contribution in [0.5, 0.6) is 0 Å². The van der Waals surface area contributed by atoms with Gasteiger partial charge in [-0.15, -0.1) is 0 Å². The number of halogens is 2. The second-order valence-electron chi connectivity index (χ2n) is 4.96. The number of hydrogen-bond acceptors (Lipinski definition) is 3. The van der Waals surface area contributed by atoms with Gasteiger partial charge in [0.25, 0.3) is 0 Å². The van der Waals surface area contributed by atoms with E-state index in [-0.39, 0.29) is 10.9 Å². The Balaban J connectivity index is 2.38. The fourth-order valence-electron chi connectivity index (χ4n) is 1.99. The van der Waals surface area contributed by atoms with Gasteiger partial charge < -0.3 is 5.11 Å². The van der Waals surface area contributed by atoms with Gasteiger partial charge in [0.1, 0.15) is 16.3 Å². The summed E-state index contributed by atoms with van der Waals surface area (Å²) in [7, 11) is -4.28. The summed E-state index contributed by atoms with van der Waals surface area (Å²) in [6, 6.07) is 3.11. The highest BCUT2D eigenvalue weighted by molar-refractivity contribution is 7.89. The third kappa shape index (κ3) is 2.79. The van der Waals surface area contributed by atoms with E-state index in [0.717, 1.165) is 12.1 Å². The third-order valence-electron chi connectivity index (χ3n) is 3.37. The minimum atomic E-state index is -4.28. The van der Waals surface area contributed by atoms with Gasteiger partial charge in [-0.25, -0.2) is 12.8 Å². The number of carboxylic acid groups (broad SMARTS) is 1. The van der Waals surface area contributed by atoms with Gasteiger partial charge in [-0.1, -0.05) is 11.6 Å². The second-order valence-corrected chi connectivity index (χ2v) is 7.05. The summed E-state index contributed by atoms with van der Waals surface area (Å²) in [6.07, 6.45) is 1.24. The molecule has 2 rings (SSSR count). The molecule has 1 aromatic carbocycles. The molecule has 0 aliphatic heterocycles. The molecule has 1 saturated carbocycles. The van der Waals surface area contributed by atoms with Gasteiger partial charge in [0.05, 0.1) is 0 Å². The van der Waals surface area contributed by atoms with Crippen molar-refractivity contribution in [1.82, 2.24) is 4.72 Å². The second kappa shape index (κ2) is 4.98. The average Bonchev–Trinajstić information content (AvgIpc) is 3.10. The zero-order valence-electron chi connectivity index (χ0n) is 10.6. The van der Waals surface area contributed by atoms with E-state index in [1.54, 1.807) is 0 Å². The molecule has 0 amide bonds. The molecule has 0 spiro atoms. The van der Waals surface area contributed by atoms with Crippen LogP contribution in [-0.2, 0) is 14.8 Å². The Morgan fingerprint density at radius 1 is 1.50 bits per heavy atom. The number of carboxylic acids is 1. The topological polar surface area (TPSA) is 83.5 Å². The summed E-state index contributed by atoms with van der Waals surface area (Å²) in [4.78, 5) is 10.7. The molecule has 2 N–H and O–H groups in total. The standard InChI is InChI=1S/C12H13ClFNO4S/c1-12(11(16)17,7-2-3-7)15-20(18,19)10-5-4-8(13)6-9(10)14/h4-7,15H,2-3H2,1H3,(H,16,17). The van der Waals surface area contributed by atoms with E-state index in [2.05, 4.69) is 4.72 Å². The fourth-order valence-corrected chi connectivity index (χ4v) is 3.63. The van der Waals surface area contributed by atoms with E-state index in [9.17, 15) is 22.7 Å². The van der Waals surface area contributed by atoms with E-state index in [1.165, 1.54) is 13.0 Å². The van der Waals surface area contributed by atoms with Gasteiger partial charge in [-0.05, 0) is 43.9 Å². The molecule has 5 nitrogen and oxygen atoms in total. The summed E-state index contributed by atoms with van der Waals surface area (Å²) in [5.74, 6) is -2.59. The highest BCUT2D eigenvalue weighted by Gasteiger charge is 2.50. The Hall–Kier alpha value is -1.18. The van der Waals surface area contributed by atoms with Gasteiger partial charge in [-0.2, -0.15) is 4.72 Å². The summed E-state index contributed by atoms with van der Waals surface area (Å²) in [6.45, 7) is 1.29. The van der Waals surface area contributed by atoms with Crippen LogP contribution < -0.4 is 4.72 Å². The number of benzene rings is 1. The zero-order chi connectivity index (χ0) is 15.1. The monoisotopic (exact) mass is 321 g/mol. The fraction of sp³-hybridized carbons (Fsp3) is 0.417. The molecule has 1 unspecified atom stereocenters. The molecule has 110 valence electrons. The van der Waals surface area contributed by atoms with Crippen molar-refractivity contribution in [3.8, 4) is 0 Å². The quantitative estimate of drug-likeness (QED) is 0.869. The van der Waals surface area contributed by atoms with Crippen LogP contribution in [0.3, 0.4) is 0 Å². The summed E-state index contributed by atoms with van der Waals surface area (Å²) in [5.41, 5.74) is -1.63. The highest BCUT2D eigenvalue weighted by atomic mass is 35.5. The molecule has 0 aromatic heterocycles. The molecule has 1 aromatic rings. The van der Waals surface area contributed by atoms with Gasteiger partial charge >= 0.3 is 5.97 Å². The molecule has 1 aliphatic carbocycles. The van der Waals surface area contributed by atoms with Crippen molar-refractivity contribution in [3.05, 3.63) is 29.0 Å². The number of sulfonamides is 1. The number of aliphatic carboxylic acids is 1. The third-order valence-corrected chi connectivity index (χ3v) is 5.21. The van der Waals surface area contributed by atoms with E-state index < -0.39 is 32.2 Å². The Bertz CT molecular complexity index is 659. The van der Waals surface area contributed by atoms with Crippen molar-refractivity contribution in [1.29, 1.82) is 0 Å². The van der Waals surface area contributed by atoms with Gasteiger partial charge in [0.2, 0.25) is 10.0 Å². The lowest BCUT2D eigenvalue weighted by atomic mass is 9.98. The molecule has 0 radical (unpaired) electrons. The first-order chi connectivity index (χ1) is 9.17. The van der Waals surface area contributed by atoms with Crippen LogP contribution in [0.2, 0.25) is 5.02 Å². The number of carbonyl (C=O) groups is 1. The summed E-state index contributed by atoms with van der Waals surface area (Å²) in [5, 5.41) is 9.28. The Morgan fingerprint density at radius 2 is 2.10 bits per heavy atom. The van der Waals surface area contributed by atoms with E-state index >= 15 is 0 Å². The molecular weight excluding hydrogens is 309 g/mol. The predicted octanol–water partition coefficient (Wildman–Crippen LogP) is 2.01. The van der Waals surface area contributed by atoms with Crippen molar-refractivity contribution in [2.24, 2.45) is 5.92 Å². The lowest BCUT2D eigenvalue weighted by Gasteiger charge is -2.25. The van der Waals surface area contributed by atoms with E-state index in [1.807, 2.05) is 0 Å². The van der Waals surface area contributed by atoms with Gasteiger partial charge in [-0.3, -0.25) is 4.79 Å². The Kier molecular flexibility index (Phi) is 3.79. The molecule has 20 heavy (non-hydrogen) atoms. The van der Waals surface area contributed by atoms with Crippen LogP contribution in [0.4, 0.5) is 4.39 Å². The van der Waals surface area contributed by atoms with Crippen LogP contribution >= 0.6 is 11.6 Å². The minimum Gasteiger partial charge on any atom is -0.480 e. The average molecular weight is 322 g/mol. The smallest absolute Gasteiger partial charge is 0.324 e. The number of rotatable bonds is 5. The van der Waals surface area contributed by atoms with Gasteiger partial charge in [0.15, 0.2) is 0 Å². The van der Waals surface area contributed by atoms with Crippen molar-refractivity contribution in [3.63, 3.8) is 0 Å². The first-order valence-electron chi connectivity index (χ1n) is 5.89. The maximum Gasteiger partial charge on any atom is 0.324 e. The first kappa shape index (κ1) is 15.2. The van der Waals surface area contributed by atoms with Crippen LogP contribution in [0.25, 0.3) is 0 Å².